The molecule has 1 aliphatic rings. The van der Waals surface area contributed by atoms with Gasteiger partial charge in [-0.1, -0.05) is 26.8 Å². The van der Waals surface area contributed by atoms with Gasteiger partial charge in [-0.05, 0) is 23.8 Å². The minimum absolute atomic E-state index is 0.189. The summed E-state index contributed by atoms with van der Waals surface area (Å²) in [6.45, 7) is 9.52. The van der Waals surface area contributed by atoms with Crippen molar-refractivity contribution in [2.24, 2.45) is 5.41 Å². The molecule has 0 fully saturated rings. The maximum atomic E-state index is 9.80. The predicted molar refractivity (Wildman–Crippen MR) is 66.5 cm³/mol. The van der Waals surface area contributed by atoms with Crippen molar-refractivity contribution in [3.05, 3.63) is 11.6 Å². The van der Waals surface area contributed by atoms with Gasteiger partial charge in [-0.25, -0.2) is 0 Å². The van der Waals surface area contributed by atoms with E-state index in [1.807, 2.05) is 0 Å². The number of nitrogens with one attached hydrogen (secondary N) is 1. The van der Waals surface area contributed by atoms with Crippen LogP contribution >= 0.6 is 0 Å². The largest absolute Gasteiger partial charge is 0.392 e. The summed E-state index contributed by atoms with van der Waals surface area (Å²) in [4.78, 5) is 0. The van der Waals surface area contributed by atoms with Crippen LogP contribution in [-0.4, -0.2) is 37.5 Å². The molecule has 0 saturated carbocycles. The second-order valence-corrected chi connectivity index (χ2v) is 5.75. The molecule has 1 heterocycles. The summed E-state index contributed by atoms with van der Waals surface area (Å²) in [6, 6.07) is 0. The molecule has 0 aromatic heterocycles. The summed E-state index contributed by atoms with van der Waals surface area (Å²) in [7, 11) is 0. The van der Waals surface area contributed by atoms with Crippen molar-refractivity contribution in [2.75, 3.05) is 26.3 Å². The van der Waals surface area contributed by atoms with Crippen molar-refractivity contribution in [1.29, 1.82) is 0 Å². The van der Waals surface area contributed by atoms with Gasteiger partial charge in [-0.2, -0.15) is 0 Å². The molecule has 16 heavy (non-hydrogen) atoms. The fourth-order valence-electron chi connectivity index (χ4n) is 1.91. The molecule has 0 saturated heterocycles. The summed E-state index contributed by atoms with van der Waals surface area (Å²) in [5.74, 6) is 0. The van der Waals surface area contributed by atoms with E-state index in [-0.39, 0.29) is 11.5 Å². The lowest BCUT2D eigenvalue weighted by Gasteiger charge is -2.23. The average molecular weight is 227 g/mol. The van der Waals surface area contributed by atoms with E-state index < -0.39 is 0 Å². The van der Waals surface area contributed by atoms with Crippen molar-refractivity contribution in [2.45, 2.75) is 39.7 Å². The first kappa shape index (κ1) is 13.7. The Hall–Kier alpha value is -0.380. The van der Waals surface area contributed by atoms with Gasteiger partial charge in [-0.15, -0.1) is 0 Å². The van der Waals surface area contributed by atoms with Crippen molar-refractivity contribution < 1.29 is 9.84 Å². The van der Waals surface area contributed by atoms with Gasteiger partial charge in [0.15, 0.2) is 0 Å². The summed E-state index contributed by atoms with van der Waals surface area (Å²) >= 11 is 0. The first-order valence-electron chi connectivity index (χ1n) is 6.12. The van der Waals surface area contributed by atoms with Crippen LogP contribution in [0, 0.1) is 5.41 Å². The Morgan fingerprint density at radius 2 is 2.25 bits per heavy atom. The highest BCUT2D eigenvalue weighted by Crippen LogP contribution is 2.20. The Labute approximate surface area is 98.9 Å². The molecule has 0 radical (unpaired) electrons. The first-order chi connectivity index (χ1) is 7.47. The van der Waals surface area contributed by atoms with E-state index in [4.69, 9.17) is 4.74 Å². The standard InChI is InChI=1S/C13H25NO2/c1-13(2,3)7-12(15)9-14-8-11-5-4-6-16-10-11/h5,12,14-15H,4,6-10H2,1-3H3. The molecule has 2 N–H and O–H groups in total. The molecular weight excluding hydrogens is 202 g/mol. The molecule has 3 nitrogen and oxygen atoms in total. The fourth-order valence-corrected chi connectivity index (χ4v) is 1.91. The van der Waals surface area contributed by atoms with E-state index in [0.29, 0.717) is 6.54 Å². The number of aliphatic hydroxyl groups excluding tert-OH is 1. The summed E-state index contributed by atoms with van der Waals surface area (Å²) in [6.07, 6.45) is 3.81. The molecule has 94 valence electrons. The van der Waals surface area contributed by atoms with Crippen LogP contribution in [0.15, 0.2) is 11.6 Å². The van der Waals surface area contributed by atoms with Crippen LogP contribution < -0.4 is 5.32 Å². The normalized spacial score (nSPS) is 19.4. The average Bonchev–Trinajstić information content (AvgIpc) is 2.16. The van der Waals surface area contributed by atoms with E-state index in [0.717, 1.165) is 32.6 Å². The summed E-state index contributed by atoms with van der Waals surface area (Å²) < 4.78 is 5.35. The molecule has 0 bridgehead atoms. The molecule has 0 spiro atoms. The fraction of sp³-hybridized carbons (Fsp3) is 0.846. The molecule has 0 aromatic rings. The van der Waals surface area contributed by atoms with E-state index in [9.17, 15) is 5.11 Å². The third kappa shape index (κ3) is 6.26. The van der Waals surface area contributed by atoms with Gasteiger partial charge in [0.2, 0.25) is 0 Å². The zero-order valence-corrected chi connectivity index (χ0v) is 10.8. The zero-order chi connectivity index (χ0) is 12.0. The Bertz CT molecular complexity index is 231. The van der Waals surface area contributed by atoms with Crippen molar-refractivity contribution in [1.82, 2.24) is 5.32 Å². The highest BCUT2D eigenvalue weighted by atomic mass is 16.5. The van der Waals surface area contributed by atoms with Crippen molar-refractivity contribution in [3.63, 3.8) is 0 Å². The molecule has 3 heteroatoms. The van der Waals surface area contributed by atoms with Gasteiger partial charge < -0.3 is 15.2 Å². The second-order valence-electron chi connectivity index (χ2n) is 5.75. The molecule has 0 amide bonds. The van der Waals surface area contributed by atoms with Gasteiger partial charge in [0.25, 0.3) is 0 Å². The Kier molecular flexibility index (Phi) is 5.46. The summed E-state index contributed by atoms with van der Waals surface area (Å²) in [5, 5.41) is 13.1. The molecule has 1 rings (SSSR count). The topological polar surface area (TPSA) is 41.5 Å². The van der Waals surface area contributed by atoms with Gasteiger partial charge >= 0.3 is 0 Å². The highest BCUT2D eigenvalue weighted by Gasteiger charge is 2.16. The second kappa shape index (κ2) is 6.38. The van der Waals surface area contributed by atoms with Crippen LogP contribution in [0.4, 0.5) is 0 Å². The third-order valence-corrected chi connectivity index (χ3v) is 2.56. The Morgan fingerprint density at radius 3 is 2.81 bits per heavy atom. The molecule has 1 unspecified atom stereocenters. The van der Waals surface area contributed by atoms with Crippen LogP contribution in [0.25, 0.3) is 0 Å². The van der Waals surface area contributed by atoms with Crippen molar-refractivity contribution in [3.8, 4) is 0 Å². The summed E-state index contributed by atoms with van der Waals surface area (Å²) in [5.41, 5.74) is 1.49. The molecule has 1 atom stereocenters. The minimum atomic E-state index is -0.259. The molecule has 0 aromatic carbocycles. The minimum Gasteiger partial charge on any atom is -0.392 e. The molecule has 1 aliphatic heterocycles. The monoisotopic (exact) mass is 227 g/mol. The highest BCUT2D eigenvalue weighted by molar-refractivity contribution is 5.06. The van der Waals surface area contributed by atoms with Crippen molar-refractivity contribution >= 4 is 0 Å². The number of hydrogen-bond acceptors (Lipinski definition) is 3. The van der Waals surface area contributed by atoms with Crippen LogP contribution in [-0.2, 0) is 4.74 Å². The first-order valence-corrected chi connectivity index (χ1v) is 6.12. The van der Waals surface area contributed by atoms with Gasteiger partial charge in [-0.3, -0.25) is 0 Å². The SMILES string of the molecule is CC(C)(C)CC(O)CNCC1=CCCOC1. The number of ether oxygens (including phenoxy) is 1. The van der Waals surface area contributed by atoms with E-state index >= 15 is 0 Å². The lowest BCUT2D eigenvalue weighted by molar-refractivity contribution is 0.118. The van der Waals surface area contributed by atoms with Gasteiger partial charge in [0, 0.05) is 13.1 Å². The Balaban J connectivity index is 2.12. The number of aliphatic hydroxyl groups is 1. The van der Waals surface area contributed by atoms with E-state index in [1.165, 1.54) is 5.57 Å². The molecule has 0 aliphatic carbocycles. The Morgan fingerprint density at radius 1 is 1.50 bits per heavy atom. The predicted octanol–water partition coefficient (Wildman–Crippen LogP) is 1.72. The van der Waals surface area contributed by atoms with Gasteiger partial charge in [0.05, 0.1) is 19.3 Å². The van der Waals surface area contributed by atoms with E-state index in [2.05, 4.69) is 32.2 Å². The number of hydrogen-bond donors (Lipinski definition) is 2. The number of rotatable bonds is 5. The third-order valence-electron chi connectivity index (χ3n) is 2.56. The smallest absolute Gasteiger partial charge is 0.0689 e. The van der Waals surface area contributed by atoms with E-state index in [1.54, 1.807) is 0 Å². The quantitative estimate of drug-likeness (QED) is 0.703. The van der Waals surface area contributed by atoms with Crippen LogP contribution in [0.3, 0.4) is 0 Å². The maximum Gasteiger partial charge on any atom is 0.0689 e. The molecular formula is C13H25NO2. The van der Waals surface area contributed by atoms with Gasteiger partial charge in [0.1, 0.15) is 0 Å². The lowest BCUT2D eigenvalue weighted by Crippen LogP contribution is -2.32. The maximum absolute atomic E-state index is 9.80. The zero-order valence-electron chi connectivity index (χ0n) is 10.8. The van der Waals surface area contributed by atoms with Crippen LogP contribution in [0.1, 0.15) is 33.6 Å². The lowest BCUT2D eigenvalue weighted by atomic mass is 9.89. The van der Waals surface area contributed by atoms with Crippen LogP contribution in [0.5, 0.6) is 0 Å². The van der Waals surface area contributed by atoms with Crippen LogP contribution in [0.2, 0.25) is 0 Å².